The highest BCUT2D eigenvalue weighted by Gasteiger charge is 2.16. The van der Waals surface area contributed by atoms with Crippen molar-refractivity contribution in [2.45, 2.75) is 13.5 Å². The highest BCUT2D eigenvalue weighted by molar-refractivity contribution is 7.80. The van der Waals surface area contributed by atoms with Crippen molar-refractivity contribution in [2.24, 2.45) is 7.05 Å². The average molecular weight is 353 g/mol. The molecule has 0 saturated heterocycles. The molecular weight excluding hydrogens is 334 g/mol. The molecule has 25 heavy (non-hydrogen) atoms. The van der Waals surface area contributed by atoms with Crippen LogP contribution in [0, 0.1) is 6.92 Å². The molecule has 0 unspecified atom stereocenters. The lowest BCUT2D eigenvalue weighted by molar-refractivity contribution is 0.630. The van der Waals surface area contributed by atoms with Gasteiger partial charge in [0.2, 0.25) is 0 Å². The summed E-state index contributed by atoms with van der Waals surface area (Å²) in [6.07, 6.45) is 3.49. The van der Waals surface area contributed by atoms with Gasteiger partial charge in [0.05, 0.1) is 11.4 Å². The van der Waals surface area contributed by atoms with Crippen LogP contribution in [0.3, 0.4) is 0 Å². The van der Waals surface area contributed by atoms with Gasteiger partial charge in [0.15, 0.2) is 5.11 Å². The monoisotopic (exact) mass is 353 g/mol. The molecule has 3 rings (SSSR count). The van der Waals surface area contributed by atoms with Gasteiger partial charge >= 0.3 is 0 Å². The number of anilines is 1. The summed E-state index contributed by atoms with van der Waals surface area (Å²) in [6, 6.07) is 13.3. The summed E-state index contributed by atoms with van der Waals surface area (Å²) < 4.78 is 3.42. The van der Waals surface area contributed by atoms with Crippen molar-refractivity contribution in [3.05, 3.63) is 76.5 Å². The molecule has 0 aliphatic heterocycles. The van der Waals surface area contributed by atoms with Gasteiger partial charge in [0.25, 0.3) is 5.56 Å². The van der Waals surface area contributed by atoms with E-state index in [0.717, 1.165) is 16.9 Å². The minimum atomic E-state index is -0.142. The van der Waals surface area contributed by atoms with E-state index in [4.69, 9.17) is 12.2 Å². The van der Waals surface area contributed by atoms with E-state index in [9.17, 15) is 4.79 Å². The van der Waals surface area contributed by atoms with Crippen molar-refractivity contribution in [1.29, 1.82) is 0 Å². The van der Waals surface area contributed by atoms with Crippen LogP contribution in [0.5, 0.6) is 0 Å². The van der Waals surface area contributed by atoms with Crippen LogP contribution in [-0.4, -0.2) is 19.5 Å². The van der Waals surface area contributed by atoms with Gasteiger partial charge in [-0.3, -0.25) is 14.5 Å². The van der Waals surface area contributed by atoms with Crippen LogP contribution in [0.15, 0.2) is 59.7 Å². The topological polar surface area (TPSA) is 63.9 Å². The van der Waals surface area contributed by atoms with Gasteiger partial charge in [-0.05, 0) is 42.9 Å². The Hall–Kier alpha value is -2.93. The number of pyridine rings is 1. The Labute approximate surface area is 151 Å². The molecule has 7 heteroatoms. The minimum Gasteiger partial charge on any atom is -0.358 e. The Bertz CT molecular complexity index is 931. The zero-order chi connectivity index (χ0) is 17.8. The summed E-state index contributed by atoms with van der Waals surface area (Å²) in [7, 11) is 1.85. The summed E-state index contributed by atoms with van der Waals surface area (Å²) in [6.45, 7) is 2.42. The van der Waals surface area contributed by atoms with Crippen LogP contribution < -0.4 is 16.2 Å². The normalized spacial score (nSPS) is 10.5. The van der Waals surface area contributed by atoms with Crippen LogP contribution in [0.25, 0.3) is 5.69 Å². The first-order chi connectivity index (χ1) is 12.1. The van der Waals surface area contributed by atoms with E-state index in [-0.39, 0.29) is 5.56 Å². The van der Waals surface area contributed by atoms with Crippen molar-refractivity contribution in [3.63, 3.8) is 0 Å². The number of para-hydroxylation sites is 1. The third-order valence-electron chi connectivity index (χ3n) is 3.97. The van der Waals surface area contributed by atoms with Crippen LogP contribution in [0.1, 0.15) is 11.3 Å². The number of aromatic nitrogens is 3. The Morgan fingerprint density at radius 2 is 1.96 bits per heavy atom. The van der Waals surface area contributed by atoms with E-state index < -0.39 is 0 Å². The molecule has 0 spiro atoms. The predicted molar refractivity (Wildman–Crippen MR) is 103 cm³/mol. The molecule has 2 heterocycles. The van der Waals surface area contributed by atoms with Gasteiger partial charge in [-0.15, -0.1) is 0 Å². The molecule has 0 aliphatic rings. The Morgan fingerprint density at radius 3 is 2.64 bits per heavy atom. The smallest absolute Gasteiger partial charge is 0.295 e. The van der Waals surface area contributed by atoms with E-state index in [1.54, 1.807) is 17.1 Å². The SMILES string of the molecule is Cc1c(NC(=S)NCc2cccnc2)c(=O)n(-c2ccccc2)n1C. The molecule has 0 amide bonds. The maximum absolute atomic E-state index is 12.8. The third kappa shape index (κ3) is 3.61. The van der Waals surface area contributed by atoms with Crippen molar-refractivity contribution < 1.29 is 0 Å². The first-order valence-electron chi connectivity index (χ1n) is 7.85. The van der Waals surface area contributed by atoms with Crippen molar-refractivity contribution in [1.82, 2.24) is 19.7 Å². The summed E-state index contributed by atoms with van der Waals surface area (Å²) in [5.74, 6) is 0. The largest absolute Gasteiger partial charge is 0.358 e. The van der Waals surface area contributed by atoms with E-state index >= 15 is 0 Å². The van der Waals surface area contributed by atoms with Crippen molar-refractivity contribution >= 4 is 23.0 Å². The lowest BCUT2D eigenvalue weighted by atomic mass is 10.3. The standard InChI is InChI=1S/C18H19N5OS/c1-13-16(21-18(25)20-12-14-7-6-10-19-11-14)17(24)23(22(13)2)15-8-4-3-5-9-15/h3-11H,12H2,1-2H3,(H2,20,21,25). The minimum absolute atomic E-state index is 0.142. The van der Waals surface area contributed by atoms with Gasteiger partial charge in [-0.2, -0.15) is 0 Å². The lowest BCUT2D eigenvalue weighted by Crippen LogP contribution is -2.30. The molecule has 0 fully saturated rings. The van der Waals surface area contributed by atoms with Gasteiger partial charge in [0, 0.05) is 26.0 Å². The molecule has 6 nitrogen and oxygen atoms in total. The molecule has 2 aromatic heterocycles. The maximum atomic E-state index is 12.8. The van der Waals surface area contributed by atoms with E-state index in [1.807, 2.05) is 61.1 Å². The van der Waals surface area contributed by atoms with Gasteiger partial charge in [-0.1, -0.05) is 24.3 Å². The Balaban J connectivity index is 1.79. The second kappa shape index (κ2) is 7.31. The molecule has 0 bridgehead atoms. The Morgan fingerprint density at radius 1 is 1.20 bits per heavy atom. The van der Waals surface area contributed by atoms with Gasteiger partial charge in [-0.25, -0.2) is 4.68 Å². The van der Waals surface area contributed by atoms with E-state index in [1.165, 1.54) is 0 Å². The van der Waals surface area contributed by atoms with Gasteiger partial charge < -0.3 is 10.6 Å². The lowest BCUT2D eigenvalue weighted by Gasteiger charge is -2.09. The van der Waals surface area contributed by atoms with Crippen molar-refractivity contribution in [2.75, 3.05) is 5.32 Å². The highest BCUT2D eigenvalue weighted by atomic mass is 32.1. The summed E-state index contributed by atoms with van der Waals surface area (Å²) in [4.78, 5) is 16.9. The molecular formula is C18H19N5OS. The summed E-state index contributed by atoms with van der Waals surface area (Å²) >= 11 is 5.32. The third-order valence-corrected chi connectivity index (χ3v) is 4.22. The summed E-state index contributed by atoms with van der Waals surface area (Å²) in [5.41, 5.74) is 2.95. The van der Waals surface area contributed by atoms with Gasteiger partial charge in [0.1, 0.15) is 5.69 Å². The van der Waals surface area contributed by atoms with Crippen LogP contribution >= 0.6 is 12.2 Å². The molecule has 3 aromatic rings. The van der Waals surface area contributed by atoms with Crippen LogP contribution in [0.4, 0.5) is 5.69 Å². The second-order valence-corrected chi connectivity index (χ2v) is 6.01. The molecule has 128 valence electrons. The first kappa shape index (κ1) is 16.9. The number of benzene rings is 1. The quantitative estimate of drug-likeness (QED) is 0.705. The molecule has 0 aliphatic carbocycles. The van der Waals surface area contributed by atoms with E-state index in [2.05, 4.69) is 15.6 Å². The van der Waals surface area contributed by atoms with Crippen molar-refractivity contribution in [3.8, 4) is 5.69 Å². The fourth-order valence-corrected chi connectivity index (χ4v) is 2.73. The number of thiocarbonyl (C=S) groups is 1. The molecule has 1 aromatic carbocycles. The Kier molecular flexibility index (Phi) is 4.95. The fourth-order valence-electron chi connectivity index (χ4n) is 2.56. The number of nitrogens with zero attached hydrogens (tertiary/aromatic N) is 3. The highest BCUT2D eigenvalue weighted by Crippen LogP contribution is 2.13. The number of hydrogen-bond donors (Lipinski definition) is 2. The van der Waals surface area contributed by atoms with Crippen LogP contribution in [0.2, 0.25) is 0 Å². The summed E-state index contributed by atoms with van der Waals surface area (Å²) in [5, 5.41) is 6.52. The first-order valence-corrected chi connectivity index (χ1v) is 8.26. The van der Waals surface area contributed by atoms with Crippen LogP contribution in [-0.2, 0) is 13.6 Å². The molecule has 2 N–H and O–H groups in total. The average Bonchev–Trinajstić information content (AvgIpc) is 2.85. The fraction of sp³-hybridized carbons (Fsp3) is 0.167. The number of hydrogen-bond acceptors (Lipinski definition) is 3. The molecule has 0 radical (unpaired) electrons. The maximum Gasteiger partial charge on any atom is 0.295 e. The predicted octanol–water partition coefficient (Wildman–Crippen LogP) is 2.37. The number of nitrogens with one attached hydrogen (secondary N) is 2. The molecule has 0 atom stereocenters. The zero-order valence-corrected chi connectivity index (χ0v) is 14.9. The zero-order valence-electron chi connectivity index (χ0n) is 14.1. The number of rotatable bonds is 4. The second-order valence-electron chi connectivity index (χ2n) is 5.61. The molecule has 0 saturated carbocycles. The van der Waals surface area contributed by atoms with E-state index in [0.29, 0.717) is 17.3 Å².